The molecule has 0 bridgehead atoms. The van der Waals surface area contributed by atoms with Gasteiger partial charge in [0, 0.05) is 61.1 Å². The van der Waals surface area contributed by atoms with Crippen LogP contribution in [0.3, 0.4) is 0 Å². The molecule has 6 N–H and O–H groups in total. The number of halogens is 3. The Morgan fingerprint density at radius 1 is 0.825 bits per heavy atom. The van der Waals surface area contributed by atoms with Gasteiger partial charge in [-0.15, -0.1) is 0 Å². The summed E-state index contributed by atoms with van der Waals surface area (Å²) in [4.78, 5) is 23.1. The average molecular weight is 562 g/mol. The molecule has 3 rings (SSSR count). The number of pyridine rings is 2. The van der Waals surface area contributed by atoms with Gasteiger partial charge in [0.15, 0.2) is 0 Å². The van der Waals surface area contributed by atoms with E-state index in [9.17, 15) is 18.0 Å². The second-order valence-electron chi connectivity index (χ2n) is 8.61. The third kappa shape index (κ3) is 8.96. The van der Waals surface area contributed by atoms with Crippen molar-refractivity contribution in [3.63, 3.8) is 0 Å². The van der Waals surface area contributed by atoms with Gasteiger partial charge >= 0.3 is 12.1 Å². The molecule has 40 heavy (non-hydrogen) atoms. The number of nitrogen functional groups attached to an aromatic ring is 2. The van der Waals surface area contributed by atoms with Crippen LogP contribution in [-0.2, 0) is 17.9 Å². The summed E-state index contributed by atoms with van der Waals surface area (Å²) in [5.74, 6) is -1.65. The van der Waals surface area contributed by atoms with Crippen LogP contribution < -0.4 is 26.6 Å². The third-order valence-electron chi connectivity index (χ3n) is 5.57. The average Bonchev–Trinajstić information content (AvgIpc) is 3.29. The first-order valence-corrected chi connectivity index (χ1v) is 12.3. The first-order chi connectivity index (χ1) is 19.0. The highest BCUT2D eigenvalue weighted by atomic mass is 19.4. The number of carbonyl (C=O) groups is 1. The van der Waals surface area contributed by atoms with Gasteiger partial charge in [0.25, 0.3) is 0 Å². The van der Waals surface area contributed by atoms with Gasteiger partial charge in [0.2, 0.25) is 17.4 Å². The summed E-state index contributed by atoms with van der Waals surface area (Å²) >= 11 is 0. The molecule has 0 fully saturated rings. The summed E-state index contributed by atoms with van der Waals surface area (Å²) in [5.41, 5.74) is 11.6. The zero-order valence-electron chi connectivity index (χ0n) is 21.5. The molecule has 3 aromatic heterocycles. The Morgan fingerprint density at radius 2 is 1.27 bits per heavy atom. The number of hydrogen-bond donors (Lipinski definition) is 4. The van der Waals surface area contributed by atoms with Crippen molar-refractivity contribution in [2.75, 3.05) is 13.2 Å². The fourth-order valence-electron chi connectivity index (χ4n) is 3.46. The first-order valence-electron chi connectivity index (χ1n) is 12.3. The first kappa shape index (κ1) is 29.9. The molecule has 12 nitrogen and oxygen atoms in total. The molecular weight excluding hydrogens is 531 g/mol. The largest absolute Gasteiger partial charge is 0.478 e. The van der Waals surface area contributed by atoms with Crippen LogP contribution in [0, 0.1) is 10.8 Å². The molecule has 0 spiro atoms. The standard InChI is InChI=1S/C25H30F3N9O3/c26-25(27,28)23(38)35-24-36(9-1-3-13-39-19-7-5-17(15-33-19)21(29)30)11-12-37(24)10-2-4-14-40-20-8-6-18(16-34-20)22(31)32/h5-8,11-12,15-16H,1-4,9-10,13-14H2,(H3,29,30)(H3,31,32). The smallest absolute Gasteiger partial charge is 0.473 e. The molecule has 0 saturated heterocycles. The number of nitrogens with one attached hydrogen (secondary N) is 2. The van der Waals surface area contributed by atoms with E-state index in [2.05, 4.69) is 15.0 Å². The van der Waals surface area contributed by atoms with Crippen LogP contribution in [-0.4, -0.2) is 56.1 Å². The number of aromatic nitrogens is 4. The molecule has 0 aliphatic carbocycles. The van der Waals surface area contributed by atoms with E-state index in [1.807, 2.05) is 0 Å². The Bertz CT molecular complexity index is 1280. The van der Waals surface area contributed by atoms with Gasteiger partial charge in [0.05, 0.1) is 13.2 Å². The maximum atomic E-state index is 12.9. The van der Waals surface area contributed by atoms with E-state index in [0.717, 1.165) is 0 Å². The monoisotopic (exact) mass is 561 g/mol. The number of amides is 1. The molecule has 15 heteroatoms. The SMILES string of the molecule is N=C(N)c1ccc(OCCCCn2ccn(CCCCOc3ccc(C(=N)N)cn3)c2=NC(=O)C(F)(F)F)nc1. The Labute approximate surface area is 227 Å². The van der Waals surface area contributed by atoms with Gasteiger partial charge in [-0.3, -0.25) is 15.6 Å². The number of carbonyl (C=O) groups excluding carboxylic acids is 1. The quantitative estimate of drug-likeness (QED) is 0.132. The van der Waals surface area contributed by atoms with E-state index < -0.39 is 12.1 Å². The van der Waals surface area contributed by atoms with Crippen molar-refractivity contribution < 1.29 is 27.4 Å². The lowest BCUT2D eigenvalue weighted by molar-refractivity contribution is -0.169. The number of nitrogens with zero attached hydrogens (tertiary/aromatic N) is 5. The minimum atomic E-state index is -5.08. The van der Waals surface area contributed by atoms with Gasteiger partial charge in [0.1, 0.15) is 11.7 Å². The number of nitrogens with two attached hydrogens (primary N) is 2. The summed E-state index contributed by atoms with van der Waals surface area (Å²) in [5, 5.41) is 14.7. The zero-order valence-corrected chi connectivity index (χ0v) is 21.5. The minimum absolute atomic E-state index is 0.0906. The molecule has 0 saturated carbocycles. The highest BCUT2D eigenvalue weighted by Gasteiger charge is 2.38. The van der Waals surface area contributed by atoms with Crippen LogP contribution in [0.4, 0.5) is 13.2 Å². The molecule has 0 aliphatic rings. The van der Waals surface area contributed by atoms with Gasteiger partial charge in [-0.2, -0.15) is 18.2 Å². The highest BCUT2D eigenvalue weighted by molar-refractivity contribution is 5.95. The molecule has 0 aliphatic heterocycles. The number of imidazole rings is 1. The second kappa shape index (κ2) is 13.9. The number of hydrogen-bond acceptors (Lipinski definition) is 7. The molecule has 0 atom stereocenters. The summed E-state index contributed by atoms with van der Waals surface area (Å²) in [7, 11) is 0. The van der Waals surface area contributed by atoms with E-state index in [0.29, 0.717) is 74.9 Å². The molecular formula is C25H30F3N9O3. The third-order valence-corrected chi connectivity index (χ3v) is 5.57. The number of unbranched alkanes of at least 4 members (excludes halogenated alkanes) is 2. The van der Waals surface area contributed by atoms with Crippen molar-refractivity contribution in [3.05, 3.63) is 65.8 Å². The van der Waals surface area contributed by atoms with Crippen molar-refractivity contribution in [2.24, 2.45) is 16.5 Å². The highest BCUT2D eigenvalue weighted by Crippen LogP contribution is 2.16. The van der Waals surface area contributed by atoms with Crippen LogP contribution in [0.2, 0.25) is 0 Å². The Kier molecular flexibility index (Phi) is 10.4. The molecule has 3 heterocycles. The molecule has 214 valence electrons. The van der Waals surface area contributed by atoms with Gasteiger partial charge < -0.3 is 30.1 Å². The Morgan fingerprint density at radius 3 is 1.62 bits per heavy atom. The minimum Gasteiger partial charge on any atom is -0.478 e. The van der Waals surface area contributed by atoms with Crippen LogP contribution in [0.5, 0.6) is 11.8 Å². The lowest BCUT2D eigenvalue weighted by Gasteiger charge is -2.09. The lowest BCUT2D eigenvalue weighted by Crippen LogP contribution is -2.31. The maximum absolute atomic E-state index is 12.9. The molecule has 3 aromatic rings. The van der Waals surface area contributed by atoms with Crippen molar-refractivity contribution in [1.29, 1.82) is 10.8 Å². The maximum Gasteiger partial charge on any atom is 0.473 e. The number of amidine groups is 2. The fraction of sp³-hybridized carbons (Fsp3) is 0.360. The van der Waals surface area contributed by atoms with Crippen molar-refractivity contribution in [2.45, 2.75) is 44.9 Å². The fourth-order valence-corrected chi connectivity index (χ4v) is 3.46. The second-order valence-corrected chi connectivity index (χ2v) is 8.61. The van der Waals surface area contributed by atoms with Crippen LogP contribution in [0.25, 0.3) is 0 Å². The van der Waals surface area contributed by atoms with Crippen LogP contribution in [0.1, 0.15) is 36.8 Å². The van der Waals surface area contributed by atoms with Gasteiger partial charge in [-0.25, -0.2) is 9.97 Å². The predicted molar refractivity (Wildman–Crippen MR) is 139 cm³/mol. The van der Waals surface area contributed by atoms with Gasteiger partial charge in [-0.1, -0.05) is 0 Å². The number of rotatable bonds is 14. The van der Waals surface area contributed by atoms with E-state index in [1.54, 1.807) is 36.7 Å². The van der Waals surface area contributed by atoms with Gasteiger partial charge in [-0.05, 0) is 37.8 Å². The molecule has 0 unspecified atom stereocenters. The molecule has 1 amide bonds. The van der Waals surface area contributed by atoms with E-state index in [-0.39, 0.29) is 17.3 Å². The van der Waals surface area contributed by atoms with Crippen molar-refractivity contribution >= 4 is 17.6 Å². The summed E-state index contributed by atoms with van der Waals surface area (Å²) in [6.07, 6.45) is 3.18. The zero-order chi connectivity index (χ0) is 29.1. The molecule has 0 radical (unpaired) electrons. The summed E-state index contributed by atoms with van der Waals surface area (Å²) in [6, 6.07) is 6.42. The number of alkyl halides is 3. The van der Waals surface area contributed by atoms with Crippen LogP contribution in [0.15, 0.2) is 54.0 Å². The summed E-state index contributed by atoms with van der Waals surface area (Å²) < 4.78 is 52.9. The Hall–Kier alpha value is -4.69. The van der Waals surface area contributed by atoms with Crippen LogP contribution >= 0.6 is 0 Å². The lowest BCUT2D eigenvalue weighted by atomic mass is 10.3. The number of aryl methyl sites for hydroxylation is 2. The predicted octanol–water partition coefficient (Wildman–Crippen LogP) is 2.36. The number of ether oxygens (including phenoxy) is 2. The van der Waals surface area contributed by atoms with Crippen molar-refractivity contribution in [1.82, 2.24) is 19.1 Å². The summed E-state index contributed by atoms with van der Waals surface area (Å²) in [6.45, 7) is 1.27. The topological polar surface area (TPSA) is 183 Å². The normalized spacial score (nSPS) is 11.2. The van der Waals surface area contributed by atoms with E-state index in [1.165, 1.54) is 21.5 Å². The Balaban J connectivity index is 1.52. The van der Waals surface area contributed by atoms with E-state index in [4.69, 9.17) is 31.8 Å². The van der Waals surface area contributed by atoms with Crippen molar-refractivity contribution in [3.8, 4) is 11.8 Å². The molecule has 0 aromatic carbocycles. The van der Waals surface area contributed by atoms with E-state index >= 15 is 0 Å².